The number of hydrogen-bond donors (Lipinski definition) is 0. The first kappa shape index (κ1) is 15.2. The van der Waals surface area contributed by atoms with E-state index in [1.54, 1.807) is 0 Å². The summed E-state index contributed by atoms with van der Waals surface area (Å²) in [7, 11) is 3.57. The number of nitrogens with zero attached hydrogens (tertiary/aromatic N) is 1. The smallest absolute Gasteiger partial charge is 0.333 e. The molecule has 0 aliphatic heterocycles. The molecule has 1 aliphatic carbocycles. The molecule has 0 bridgehead atoms. The van der Waals surface area contributed by atoms with Crippen molar-refractivity contribution in [3.63, 3.8) is 0 Å². The molecule has 18 heavy (non-hydrogen) atoms. The topological polar surface area (TPSA) is 29.5 Å². The molecule has 104 valence electrons. The van der Waals surface area contributed by atoms with E-state index in [1.165, 1.54) is 32.8 Å². The van der Waals surface area contributed by atoms with Gasteiger partial charge < -0.3 is 4.74 Å². The van der Waals surface area contributed by atoms with Crippen LogP contribution in [-0.4, -0.2) is 37.6 Å². The predicted molar refractivity (Wildman–Crippen MR) is 74.4 cm³/mol. The number of methoxy groups -OCH3 is 1. The Balaban J connectivity index is 2.42. The Bertz CT molecular complexity index is 310. The van der Waals surface area contributed by atoms with Crippen LogP contribution >= 0.6 is 0 Å². The maximum Gasteiger partial charge on any atom is 0.333 e. The summed E-state index contributed by atoms with van der Waals surface area (Å²) in [5.41, 5.74) is 1.20. The molecule has 3 nitrogen and oxygen atoms in total. The molecule has 0 saturated heterocycles. The minimum absolute atomic E-state index is 0.229. The summed E-state index contributed by atoms with van der Waals surface area (Å²) in [4.78, 5) is 13.6. The van der Waals surface area contributed by atoms with E-state index in [0.717, 1.165) is 6.54 Å². The van der Waals surface area contributed by atoms with Crippen molar-refractivity contribution in [1.82, 2.24) is 4.90 Å². The van der Waals surface area contributed by atoms with E-state index in [0.29, 0.717) is 17.0 Å². The van der Waals surface area contributed by atoms with Gasteiger partial charge in [0.05, 0.1) is 7.11 Å². The highest BCUT2D eigenvalue weighted by Crippen LogP contribution is 2.36. The van der Waals surface area contributed by atoms with Crippen LogP contribution in [0.25, 0.3) is 0 Å². The summed E-state index contributed by atoms with van der Waals surface area (Å²) < 4.78 is 4.69. The average molecular weight is 253 g/mol. The van der Waals surface area contributed by atoms with Gasteiger partial charge in [0, 0.05) is 18.2 Å². The Morgan fingerprint density at radius 3 is 2.44 bits per heavy atom. The number of carbonyl (C=O) groups excluding carboxylic acids is 1. The number of ether oxygens (including phenoxy) is 1. The van der Waals surface area contributed by atoms with Gasteiger partial charge in [0.15, 0.2) is 0 Å². The first-order chi connectivity index (χ1) is 8.35. The monoisotopic (exact) mass is 253 g/mol. The van der Waals surface area contributed by atoms with Crippen LogP contribution in [0.3, 0.4) is 0 Å². The standard InChI is InChI=1S/C15H27NO2/c1-12(14(17)18-5)8-11-16(4)13-6-9-15(2,3)10-7-13/h8,13H,6-7,9-11H2,1-5H3. The summed E-state index contributed by atoms with van der Waals surface area (Å²) in [6.45, 7) is 7.34. The Kier molecular flexibility index (Phi) is 5.39. The molecule has 0 heterocycles. The molecule has 1 saturated carbocycles. The zero-order valence-electron chi connectivity index (χ0n) is 12.5. The largest absolute Gasteiger partial charge is 0.466 e. The van der Waals surface area contributed by atoms with Crippen LogP contribution in [0.4, 0.5) is 0 Å². The minimum Gasteiger partial charge on any atom is -0.466 e. The average Bonchev–Trinajstić information content (AvgIpc) is 2.34. The molecule has 1 rings (SSSR count). The maximum absolute atomic E-state index is 11.3. The molecule has 0 aromatic carbocycles. The van der Waals surface area contributed by atoms with Crippen LogP contribution in [0.15, 0.2) is 11.6 Å². The second kappa shape index (κ2) is 6.37. The lowest BCUT2D eigenvalue weighted by atomic mass is 9.75. The Morgan fingerprint density at radius 1 is 1.39 bits per heavy atom. The fourth-order valence-electron chi connectivity index (χ4n) is 2.50. The van der Waals surface area contributed by atoms with E-state index in [9.17, 15) is 4.79 Å². The summed E-state index contributed by atoms with van der Waals surface area (Å²) in [6.07, 6.45) is 7.07. The molecule has 1 aliphatic rings. The third-order valence-electron chi connectivity index (χ3n) is 4.12. The van der Waals surface area contributed by atoms with Gasteiger partial charge in [0.25, 0.3) is 0 Å². The molecule has 3 heteroatoms. The Hall–Kier alpha value is -0.830. The van der Waals surface area contributed by atoms with Crippen molar-refractivity contribution in [2.75, 3.05) is 20.7 Å². The van der Waals surface area contributed by atoms with Gasteiger partial charge in [-0.25, -0.2) is 4.79 Å². The van der Waals surface area contributed by atoms with Crippen molar-refractivity contribution < 1.29 is 9.53 Å². The molecule has 0 amide bonds. The molecule has 0 N–H and O–H groups in total. The number of carbonyl (C=O) groups is 1. The van der Waals surface area contributed by atoms with Crippen LogP contribution in [0.5, 0.6) is 0 Å². The van der Waals surface area contributed by atoms with E-state index in [4.69, 9.17) is 4.74 Å². The SMILES string of the molecule is COC(=O)C(C)=CCN(C)C1CCC(C)(C)CC1. The van der Waals surface area contributed by atoms with Crippen LogP contribution in [0, 0.1) is 5.41 Å². The van der Waals surface area contributed by atoms with Crippen LogP contribution in [0.2, 0.25) is 0 Å². The van der Waals surface area contributed by atoms with Crippen molar-refractivity contribution in [3.8, 4) is 0 Å². The van der Waals surface area contributed by atoms with E-state index < -0.39 is 0 Å². The second-order valence-corrected chi connectivity index (χ2v) is 6.21. The van der Waals surface area contributed by atoms with E-state index in [-0.39, 0.29) is 5.97 Å². The summed E-state index contributed by atoms with van der Waals surface area (Å²) in [5, 5.41) is 0. The second-order valence-electron chi connectivity index (χ2n) is 6.21. The Morgan fingerprint density at radius 2 is 1.94 bits per heavy atom. The first-order valence-electron chi connectivity index (χ1n) is 6.81. The highest BCUT2D eigenvalue weighted by atomic mass is 16.5. The fraction of sp³-hybridized carbons (Fsp3) is 0.800. The predicted octanol–water partition coefficient (Wildman–Crippen LogP) is 3.01. The summed E-state index contributed by atoms with van der Waals surface area (Å²) in [6, 6.07) is 0.653. The molecule has 0 unspecified atom stereocenters. The maximum atomic E-state index is 11.3. The molecule has 0 radical (unpaired) electrons. The Labute approximate surface area is 111 Å². The van der Waals surface area contributed by atoms with Crippen molar-refractivity contribution in [2.45, 2.75) is 52.5 Å². The molecule has 0 atom stereocenters. The van der Waals surface area contributed by atoms with Gasteiger partial charge >= 0.3 is 5.97 Å². The lowest BCUT2D eigenvalue weighted by molar-refractivity contribution is -0.136. The molecule has 0 aromatic rings. The van der Waals surface area contributed by atoms with Gasteiger partial charge in [-0.1, -0.05) is 19.9 Å². The number of esters is 1. The van der Waals surface area contributed by atoms with E-state index in [1.807, 2.05) is 13.0 Å². The van der Waals surface area contributed by atoms with Crippen molar-refractivity contribution in [3.05, 3.63) is 11.6 Å². The van der Waals surface area contributed by atoms with E-state index >= 15 is 0 Å². The lowest BCUT2D eigenvalue weighted by Crippen LogP contribution is -2.37. The zero-order valence-corrected chi connectivity index (χ0v) is 12.5. The molecular formula is C15H27NO2. The van der Waals surface area contributed by atoms with Gasteiger partial charge in [-0.15, -0.1) is 0 Å². The van der Waals surface area contributed by atoms with Gasteiger partial charge in [-0.2, -0.15) is 0 Å². The molecular weight excluding hydrogens is 226 g/mol. The summed E-state index contributed by atoms with van der Waals surface area (Å²) >= 11 is 0. The van der Waals surface area contributed by atoms with Crippen molar-refractivity contribution >= 4 is 5.97 Å². The highest BCUT2D eigenvalue weighted by molar-refractivity contribution is 5.87. The zero-order chi connectivity index (χ0) is 13.8. The molecule has 0 aromatic heterocycles. The number of rotatable bonds is 4. The quantitative estimate of drug-likeness (QED) is 0.570. The number of hydrogen-bond acceptors (Lipinski definition) is 3. The fourth-order valence-corrected chi connectivity index (χ4v) is 2.50. The van der Waals surface area contributed by atoms with Gasteiger partial charge in [-0.3, -0.25) is 4.90 Å². The first-order valence-corrected chi connectivity index (χ1v) is 6.81. The minimum atomic E-state index is -0.229. The molecule has 0 spiro atoms. The van der Waals surface area contributed by atoms with Gasteiger partial charge in [0.1, 0.15) is 0 Å². The van der Waals surface area contributed by atoms with Crippen LogP contribution < -0.4 is 0 Å². The normalized spacial score (nSPS) is 21.1. The third-order valence-corrected chi connectivity index (χ3v) is 4.12. The highest BCUT2D eigenvalue weighted by Gasteiger charge is 2.28. The van der Waals surface area contributed by atoms with Crippen LogP contribution in [0.1, 0.15) is 46.5 Å². The van der Waals surface area contributed by atoms with Gasteiger partial charge in [0.2, 0.25) is 0 Å². The lowest BCUT2D eigenvalue weighted by Gasteiger charge is -2.38. The third kappa shape index (κ3) is 4.45. The van der Waals surface area contributed by atoms with E-state index in [2.05, 4.69) is 25.8 Å². The molecule has 1 fully saturated rings. The van der Waals surface area contributed by atoms with Crippen molar-refractivity contribution in [1.29, 1.82) is 0 Å². The van der Waals surface area contributed by atoms with Crippen LogP contribution in [-0.2, 0) is 9.53 Å². The van der Waals surface area contributed by atoms with Gasteiger partial charge in [-0.05, 0) is 45.1 Å². The summed E-state index contributed by atoms with van der Waals surface area (Å²) in [5.74, 6) is -0.229. The number of likely N-dealkylation sites (N-methyl/N-ethyl adjacent to an activating group) is 1. The van der Waals surface area contributed by atoms with Crippen molar-refractivity contribution in [2.24, 2.45) is 5.41 Å².